The first-order valence-corrected chi connectivity index (χ1v) is 9.62. The number of methoxy groups -OCH3 is 2. The molecule has 7 heteroatoms. The van der Waals surface area contributed by atoms with Gasteiger partial charge in [-0.1, -0.05) is 0 Å². The van der Waals surface area contributed by atoms with Gasteiger partial charge in [-0.25, -0.2) is 0 Å². The average molecular weight is 382 g/mol. The zero-order valence-electron chi connectivity index (χ0n) is 16.1. The summed E-state index contributed by atoms with van der Waals surface area (Å²) in [4.78, 5) is 4.66. The Bertz CT molecular complexity index is 565. The first-order chi connectivity index (χ1) is 12.7. The fraction of sp³-hybridized carbons (Fsp3) is 0.632. The van der Waals surface area contributed by atoms with Crippen LogP contribution in [0.4, 0.5) is 0 Å². The fourth-order valence-electron chi connectivity index (χ4n) is 3.01. The predicted molar refractivity (Wildman–Crippen MR) is 108 cm³/mol. The third-order valence-corrected chi connectivity index (χ3v) is 4.88. The number of nitrogens with zero attached hydrogens (tertiary/aromatic N) is 2. The van der Waals surface area contributed by atoms with Crippen LogP contribution in [0.25, 0.3) is 0 Å². The average Bonchev–Trinajstić information content (AvgIpc) is 2.68. The van der Waals surface area contributed by atoms with Crippen LogP contribution in [-0.2, 0) is 11.3 Å². The molecular formula is C19H31N3O3S. The van der Waals surface area contributed by atoms with E-state index in [1.807, 2.05) is 18.2 Å². The number of ether oxygens (including phenoxy) is 3. The molecule has 1 fully saturated rings. The molecule has 2 rings (SSSR count). The van der Waals surface area contributed by atoms with E-state index < -0.39 is 0 Å². The summed E-state index contributed by atoms with van der Waals surface area (Å²) >= 11 is 5.59. The van der Waals surface area contributed by atoms with Crippen molar-refractivity contribution >= 4 is 17.3 Å². The molecule has 1 N–H and O–H groups in total. The van der Waals surface area contributed by atoms with Gasteiger partial charge in [0.2, 0.25) is 0 Å². The lowest BCUT2D eigenvalue weighted by atomic mass is 10.1. The third kappa shape index (κ3) is 6.30. The van der Waals surface area contributed by atoms with Crippen molar-refractivity contribution in [2.45, 2.75) is 19.9 Å². The molecule has 0 atom stereocenters. The maximum Gasteiger partial charge on any atom is 0.169 e. The molecule has 1 heterocycles. The van der Waals surface area contributed by atoms with Crippen molar-refractivity contribution in [2.75, 3.05) is 60.2 Å². The summed E-state index contributed by atoms with van der Waals surface area (Å²) < 4.78 is 16.2. The molecule has 1 aromatic rings. The monoisotopic (exact) mass is 381 g/mol. The van der Waals surface area contributed by atoms with Crippen molar-refractivity contribution in [3.8, 4) is 11.5 Å². The van der Waals surface area contributed by atoms with Crippen LogP contribution in [0.5, 0.6) is 11.5 Å². The minimum Gasteiger partial charge on any atom is -0.497 e. The van der Waals surface area contributed by atoms with Crippen molar-refractivity contribution in [3.05, 3.63) is 23.8 Å². The molecule has 0 unspecified atom stereocenters. The molecule has 1 aliphatic heterocycles. The Morgan fingerprint density at radius 3 is 2.69 bits per heavy atom. The maximum atomic E-state index is 5.59. The highest BCUT2D eigenvalue weighted by Crippen LogP contribution is 2.25. The van der Waals surface area contributed by atoms with E-state index in [0.717, 1.165) is 74.5 Å². The molecule has 6 nitrogen and oxygen atoms in total. The van der Waals surface area contributed by atoms with Crippen molar-refractivity contribution in [3.63, 3.8) is 0 Å². The largest absolute Gasteiger partial charge is 0.497 e. The molecule has 0 aliphatic carbocycles. The number of hydrogen-bond donors (Lipinski definition) is 1. The lowest BCUT2D eigenvalue weighted by Crippen LogP contribution is -2.42. The molecule has 0 aromatic heterocycles. The van der Waals surface area contributed by atoms with Gasteiger partial charge in [-0.3, -0.25) is 4.90 Å². The molecule has 0 amide bonds. The Kier molecular flexibility index (Phi) is 8.94. The summed E-state index contributed by atoms with van der Waals surface area (Å²) in [6, 6.07) is 5.92. The van der Waals surface area contributed by atoms with E-state index in [1.165, 1.54) is 0 Å². The number of benzene rings is 1. The van der Waals surface area contributed by atoms with Gasteiger partial charge in [0.25, 0.3) is 0 Å². The number of morpholine rings is 1. The van der Waals surface area contributed by atoms with Gasteiger partial charge in [-0.15, -0.1) is 0 Å². The van der Waals surface area contributed by atoms with Crippen LogP contribution in [0, 0.1) is 0 Å². The lowest BCUT2D eigenvalue weighted by Gasteiger charge is -2.30. The second-order valence-electron chi connectivity index (χ2n) is 6.24. The van der Waals surface area contributed by atoms with Gasteiger partial charge < -0.3 is 24.4 Å². The van der Waals surface area contributed by atoms with Crippen molar-refractivity contribution in [1.82, 2.24) is 15.1 Å². The fourth-order valence-corrected chi connectivity index (χ4v) is 3.31. The standard InChI is InChI=1S/C19H31N3O3S/c1-4-20-19(26)22(9-5-8-21-10-12-25-13-11-21)15-16-6-7-17(23-2)14-18(16)24-3/h6-7,14H,4-5,8-13,15H2,1-3H3,(H,20,26). The second kappa shape index (κ2) is 11.2. The molecule has 0 bridgehead atoms. The zero-order valence-corrected chi connectivity index (χ0v) is 16.9. The van der Waals surface area contributed by atoms with Crippen LogP contribution in [0.15, 0.2) is 18.2 Å². The highest BCUT2D eigenvalue weighted by Gasteiger charge is 2.15. The molecule has 0 spiro atoms. The molecule has 0 radical (unpaired) electrons. The minimum atomic E-state index is 0.710. The Morgan fingerprint density at radius 2 is 2.04 bits per heavy atom. The van der Waals surface area contributed by atoms with Gasteiger partial charge >= 0.3 is 0 Å². The highest BCUT2D eigenvalue weighted by atomic mass is 32.1. The summed E-state index contributed by atoms with van der Waals surface area (Å²) in [5.74, 6) is 1.61. The summed E-state index contributed by atoms with van der Waals surface area (Å²) in [7, 11) is 3.34. The normalized spacial score (nSPS) is 14.7. The van der Waals surface area contributed by atoms with E-state index in [-0.39, 0.29) is 0 Å². The van der Waals surface area contributed by atoms with Crippen molar-refractivity contribution in [2.24, 2.45) is 0 Å². The molecule has 1 saturated heterocycles. The highest BCUT2D eigenvalue weighted by molar-refractivity contribution is 7.80. The van der Waals surface area contributed by atoms with E-state index in [9.17, 15) is 0 Å². The van der Waals surface area contributed by atoms with Gasteiger partial charge in [-0.05, 0) is 37.7 Å². The molecular weight excluding hydrogens is 350 g/mol. The van der Waals surface area contributed by atoms with E-state index in [2.05, 4.69) is 22.0 Å². The summed E-state index contributed by atoms with van der Waals surface area (Å²) in [5.41, 5.74) is 1.10. The molecule has 0 saturated carbocycles. The lowest BCUT2D eigenvalue weighted by molar-refractivity contribution is 0.0367. The van der Waals surface area contributed by atoms with Gasteiger partial charge in [0, 0.05) is 50.9 Å². The number of thiocarbonyl (C=S) groups is 1. The van der Waals surface area contributed by atoms with E-state index >= 15 is 0 Å². The van der Waals surface area contributed by atoms with E-state index in [4.69, 9.17) is 26.4 Å². The van der Waals surface area contributed by atoms with E-state index in [1.54, 1.807) is 14.2 Å². The topological polar surface area (TPSA) is 46.2 Å². The number of nitrogens with one attached hydrogen (secondary N) is 1. The van der Waals surface area contributed by atoms with Crippen LogP contribution in [0.2, 0.25) is 0 Å². The Labute approximate surface area is 162 Å². The summed E-state index contributed by atoms with van der Waals surface area (Å²) in [6.07, 6.45) is 1.06. The summed E-state index contributed by atoms with van der Waals surface area (Å²) in [5, 5.41) is 4.06. The van der Waals surface area contributed by atoms with Gasteiger partial charge in [-0.2, -0.15) is 0 Å². The Hall–Kier alpha value is -1.57. The quantitative estimate of drug-likeness (QED) is 0.658. The second-order valence-corrected chi connectivity index (χ2v) is 6.63. The van der Waals surface area contributed by atoms with Crippen LogP contribution in [0.1, 0.15) is 18.9 Å². The third-order valence-electron chi connectivity index (χ3n) is 4.48. The Morgan fingerprint density at radius 1 is 1.27 bits per heavy atom. The van der Waals surface area contributed by atoms with Crippen molar-refractivity contribution in [1.29, 1.82) is 0 Å². The maximum absolute atomic E-state index is 5.59. The number of hydrogen-bond acceptors (Lipinski definition) is 5. The molecule has 26 heavy (non-hydrogen) atoms. The predicted octanol–water partition coefficient (Wildman–Crippen LogP) is 2.12. The minimum absolute atomic E-state index is 0.710. The zero-order chi connectivity index (χ0) is 18.8. The SMILES string of the molecule is CCNC(=S)N(CCCN1CCOCC1)Cc1ccc(OC)cc1OC. The smallest absolute Gasteiger partial charge is 0.169 e. The summed E-state index contributed by atoms with van der Waals surface area (Å²) in [6.45, 7) is 9.26. The first-order valence-electron chi connectivity index (χ1n) is 9.21. The van der Waals surface area contributed by atoms with Crippen LogP contribution >= 0.6 is 12.2 Å². The molecule has 1 aliphatic rings. The molecule has 1 aromatic carbocycles. The number of rotatable bonds is 9. The molecule has 146 valence electrons. The van der Waals surface area contributed by atoms with Gasteiger partial charge in [0.15, 0.2) is 5.11 Å². The van der Waals surface area contributed by atoms with Crippen LogP contribution < -0.4 is 14.8 Å². The van der Waals surface area contributed by atoms with Crippen LogP contribution in [-0.4, -0.2) is 75.1 Å². The van der Waals surface area contributed by atoms with Gasteiger partial charge in [0.1, 0.15) is 11.5 Å². The first kappa shape index (κ1) is 20.7. The van der Waals surface area contributed by atoms with Crippen molar-refractivity contribution < 1.29 is 14.2 Å². The Balaban J connectivity index is 1.98. The van der Waals surface area contributed by atoms with Gasteiger partial charge in [0.05, 0.1) is 27.4 Å². The van der Waals surface area contributed by atoms with Crippen LogP contribution in [0.3, 0.4) is 0 Å². The van der Waals surface area contributed by atoms with E-state index in [0.29, 0.717) is 6.54 Å².